The van der Waals surface area contributed by atoms with E-state index in [1.807, 2.05) is 0 Å². The van der Waals surface area contributed by atoms with Crippen LogP contribution in [0.2, 0.25) is 0 Å². The van der Waals surface area contributed by atoms with E-state index in [-0.39, 0.29) is 11.6 Å². The third-order valence-electron chi connectivity index (χ3n) is 3.72. The number of benzene rings is 1. The predicted molar refractivity (Wildman–Crippen MR) is 68.5 cm³/mol. The fraction of sp³-hybridized carbons (Fsp3) is 0.571. The highest BCUT2D eigenvalue weighted by molar-refractivity contribution is 5.32. The summed E-state index contributed by atoms with van der Waals surface area (Å²) in [6.07, 6.45) is 0.900. The summed E-state index contributed by atoms with van der Waals surface area (Å²) < 4.78 is 5.55. The molecule has 0 saturated heterocycles. The number of aryl methyl sites for hydroxylation is 2. The minimum absolute atomic E-state index is 0.0817. The summed E-state index contributed by atoms with van der Waals surface area (Å²) >= 11 is 0. The molecule has 16 heavy (non-hydrogen) atoms. The Morgan fingerprint density at radius 1 is 1.31 bits per heavy atom. The second-order valence-electron chi connectivity index (χ2n) is 4.69. The molecule has 0 fully saturated rings. The Morgan fingerprint density at radius 3 is 2.38 bits per heavy atom. The SMILES string of the molecule is CCC(C)(OC)C(N)c1ccc(C)c(C)c1. The number of rotatable bonds is 4. The summed E-state index contributed by atoms with van der Waals surface area (Å²) in [6, 6.07) is 6.30. The monoisotopic (exact) mass is 221 g/mol. The van der Waals surface area contributed by atoms with Gasteiger partial charge in [-0.15, -0.1) is 0 Å². The molecule has 1 rings (SSSR count). The van der Waals surface area contributed by atoms with Crippen LogP contribution in [0.4, 0.5) is 0 Å². The molecule has 2 nitrogen and oxygen atoms in total. The fourth-order valence-corrected chi connectivity index (χ4v) is 1.80. The average Bonchev–Trinajstić information content (AvgIpc) is 2.30. The van der Waals surface area contributed by atoms with Gasteiger partial charge in [0.15, 0.2) is 0 Å². The van der Waals surface area contributed by atoms with Gasteiger partial charge in [-0.2, -0.15) is 0 Å². The van der Waals surface area contributed by atoms with Crippen molar-refractivity contribution in [2.24, 2.45) is 5.73 Å². The molecule has 0 saturated carbocycles. The second-order valence-corrected chi connectivity index (χ2v) is 4.69. The number of nitrogens with two attached hydrogens (primary N) is 1. The van der Waals surface area contributed by atoms with Gasteiger partial charge in [-0.3, -0.25) is 0 Å². The maximum atomic E-state index is 6.29. The average molecular weight is 221 g/mol. The molecular weight excluding hydrogens is 198 g/mol. The first-order chi connectivity index (χ1) is 7.44. The lowest BCUT2D eigenvalue weighted by atomic mass is 9.87. The summed E-state index contributed by atoms with van der Waals surface area (Å²) in [6.45, 7) is 8.39. The molecule has 2 heteroatoms. The van der Waals surface area contributed by atoms with Crippen LogP contribution in [0.3, 0.4) is 0 Å². The van der Waals surface area contributed by atoms with Gasteiger partial charge in [-0.25, -0.2) is 0 Å². The van der Waals surface area contributed by atoms with Crippen LogP contribution in [-0.2, 0) is 4.74 Å². The molecule has 0 spiro atoms. The second kappa shape index (κ2) is 4.98. The van der Waals surface area contributed by atoms with E-state index in [4.69, 9.17) is 10.5 Å². The van der Waals surface area contributed by atoms with Crippen LogP contribution in [0, 0.1) is 13.8 Å². The molecule has 2 atom stereocenters. The molecule has 0 bridgehead atoms. The van der Waals surface area contributed by atoms with Gasteiger partial charge < -0.3 is 10.5 Å². The smallest absolute Gasteiger partial charge is 0.0839 e. The van der Waals surface area contributed by atoms with E-state index >= 15 is 0 Å². The van der Waals surface area contributed by atoms with Crippen molar-refractivity contribution < 1.29 is 4.74 Å². The molecule has 90 valence electrons. The number of hydrogen-bond donors (Lipinski definition) is 1. The van der Waals surface area contributed by atoms with E-state index < -0.39 is 0 Å². The van der Waals surface area contributed by atoms with Crippen LogP contribution in [-0.4, -0.2) is 12.7 Å². The van der Waals surface area contributed by atoms with E-state index in [2.05, 4.69) is 45.9 Å². The predicted octanol–water partition coefficient (Wildman–Crippen LogP) is 3.12. The third-order valence-corrected chi connectivity index (χ3v) is 3.72. The summed E-state index contributed by atoms with van der Waals surface area (Å²) in [7, 11) is 1.73. The van der Waals surface area contributed by atoms with Crippen molar-refractivity contribution in [3.8, 4) is 0 Å². The van der Waals surface area contributed by atoms with Crippen molar-refractivity contribution in [2.75, 3.05) is 7.11 Å². The lowest BCUT2D eigenvalue weighted by Gasteiger charge is -2.33. The van der Waals surface area contributed by atoms with Gasteiger partial charge in [0.05, 0.1) is 11.6 Å². The molecule has 0 aromatic heterocycles. The van der Waals surface area contributed by atoms with Gasteiger partial charge in [-0.05, 0) is 43.9 Å². The minimum Gasteiger partial charge on any atom is -0.377 e. The minimum atomic E-state index is -0.290. The quantitative estimate of drug-likeness (QED) is 0.848. The van der Waals surface area contributed by atoms with E-state index in [1.54, 1.807) is 7.11 Å². The van der Waals surface area contributed by atoms with Crippen LogP contribution in [0.1, 0.15) is 43.0 Å². The van der Waals surface area contributed by atoms with Crippen molar-refractivity contribution in [1.29, 1.82) is 0 Å². The lowest BCUT2D eigenvalue weighted by molar-refractivity contribution is -0.0194. The van der Waals surface area contributed by atoms with Crippen LogP contribution in [0.15, 0.2) is 18.2 Å². The zero-order valence-electron chi connectivity index (χ0n) is 11.0. The molecule has 0 heterocycles. The first-order valence-corrected chi connectivity index (χ1v) is 5.82. The topological polar surface area (TPSA) is 35.2 Å². The zero-order chi connectivity index (χ0) is 12.3. The Kier molecular flexibility index (Phi) is 4.11. The maximum Gasteiger partial charge on any atom is 0.0839 e. The number of ether oxygens (including phenoxy) is 1. The number of methoxy groups -OCH3 is 1. The highest BCUT2D eigenvalue weighted by Crippen LogP contribution is 2.30. The Labute approximate surface area is 98.8 Å². The molecule has 0 amide bonds. The lowest BCUT2D eigenvalue weighted by Crippen LogP contribution is -2.39. The molecule has 0 aliphatic rings. The van der Waals surface area contributed by atoms with Crippen molar-refractivity contribution in [1.82, 2.24) is 0 Å². The Balaban J connectivity index is 3.04. The molecule has 2 N–H and O–H groups in total. The Morgan fingerprint density at radius 2 is 1.94 bits per heavy atom. The van der Waals surface area contributed by atoms with E-state index in [0.29, 0.717) is 0 Å². The van der Waals surface area contributed by atoms with Gasteiger partial charge in [0, 0.05) is 7.11 Å². The van der Waals surface area contributed by atoms with Crippen LogP contribution < -0.4 is 5.73 Å². The van der Waals surface area contributed by atoms with Gasteiger partial charge >= 0.3 is 0 Å². The Bertz CT molecular complexity index is 356. The summed E-state index contributed by atoms with van der Waals surface area (Å²) in [5, 5.41) is 0. The fourth-order valence-electron chi connectivity index (χ4n) is 1.80. The van der Waals surface area contributed by atoms with E-state index in [9.17, 15) is 0 Å². The van der Waals surface area contributed by atoms with Crippen LogP contribution in [0.25, 0.3) is 0 Å². The molecule has 1 aromatic rings. The van der Waals surface area contributed by atoms with Crippen molar-refractivity contribution in [3.05, 3.63) is 34.9 Å². The zero-order valence-corrected chi connectivity index (χ0v) is 11.0. The molecule has 1 aromatic carbocycles. The highest BCUT2D eigenvalue weighted by atomic mass is 16.5. The van der Waals surface area contributed by atoms with Gasteiger partial charge in [0.1, 0.15) is 0 Å². The molecule has 0 aliphatic carbocycles. The first-order valence-electron chi connectivity index (χ1n) is 5.82. The third kappa shape index (κ3) is 2.45. The molecular formula is C14H23NO. The van der Waals surface area contributed by atoms with Crippen LogP contribution >= 0.6 is 0 Å². The largest absolute Gasteiger partial charge is 0.377 e. The van der Waals surface area contributed by atoms with E-state index in [1.165, 1.54) is 11.1 Å². The van der Waals surface area contributed by atoms with Gasteiger partial charge in [-0.1, -0.05) is 25.1 Å². The van der Waals surface area contributed by atoms with Crippen molar-refractivity contribution in [2.45, 2.75) is 45.8 Å². The number of hydrogen-bond acceptors (Lipinski definition) is 2. The first kappa shape index (κ1) is 13.2. The van der Waals surface area contributed by atoms with Gasteiger partial charge in [0.25, 0.3) is 0 Å². The van der Waals surface area contributed by atoms with Crippen molar-refractivity contribution in [3.63, 3.8) is 0 Å². The molecule has 0 radical (unpaired) electrons. The normalized spacial score (nSPS) is 16.9. The van der Waals surface area contributed by atoms with Crippen LogP contribution in [0.5, 0.6) is 0 Å². The maximum absolute atomic E-state index is 6.29. The standard InChI is InChI=1S/C14H23NO/c1-6-14(4,16-5)13(15)12-8-7-10(2)11(3)9-12/h7-9,13H,6,15H2,1-5H3. The van der Waals surface area contributed by atoms with Gasteiger partial charge in [0.2, 0.25) is 0 Å². The van der Waals surface area contributed by atoms with E-state index in [0.717, 1.165) is 12.0 Å². The summed E-state index contributed by atoms with van der Waals surface area (Å²) in [5.41, 5.74) is 9.72. The molecule has 2 unspecified atom stereocenters. The summed E-state index contributed by atoms with van der Waals surface area (Å²) in [4.78, 5) is 0. The molecule has 0 aliphatic heterocycles. The van der Waals surface area contributed by atoms with Crippen molar-refractivity contribution >= 4 is 0 Å². The Hall–Kier alpha value is -0.860. The summed E-state index contributed by atoms with van der Waals surface area (Å²) in [5.74, 6) is 0. The highest BCUT2D eigenvalue weighted by Gasteiger charge is 2.30.